The lowest BCUT2D eigenvalue weighted by Crippen LogP contribution is -2.51. The topological polar surface area (TPSA) is 53.5 Å². The first-order chi connectivity index (χ1) is 14.0. The van der Waals surface area contributed by atoms with Crippen molar-refractivity contribution < 1.29 is 22.8 Å². The number of thioether (sulfide) groups is 1. The second-order valence-corrected chi connectivity index (χ2v) is 9.37. The Balaban J connectivity index is 1.90. The maximum Gasteiger partial charge on any atom is 0.446 e. The van der Waals surface area contributed by atoms with Crippen molar-refractivity contribution in [2.45, 2.75) is 42.4 Å². The van der Waals surface area contributed by atoms with Gasteiger partial charge >= 0.3 is 5.51 Å². The molecular formula is C20H19BrF3N3O2S. The lowest BCUT2D eigenvalue weighted by Gasteiger charge is -2.34. The van der Waals surface area contributed by atoms with Crippen LogP contribution in [0.3, 0.4) is 0 Å². The van der Waals surface area contributed by atoms with Crippen LogP contribution in [0.5, 0.6) is 0 Å². The van der Waals surface area contributed by atoms with Gasteiger partial charge in [-0.05, 0) is 83.5 Å². The Labute approximate surface area is 184 Å². The first-order valence-electron chi connectivity index (χ1n) is 8.98. The Bertz CT molecular complexity index is 938. The summed E-state index contributed by atoms with van der Waals surface area (Å²) in [5.74, 6) is -0.577. The lowest BCUT2D eigenvalue weighted by atomic mass is 9.90. The molecular weight excluding hydrogens is 483 g/mol. The molecule has 3 rings (SSSR count). The molecule has 0 aliphatic carbocycles. The van der Waals surface area contributed by atoms with Gasteiger partial charge < -0.3 is 4.90 Å². The number of rotatable bonds is 6. The van der Waals surface area contributed by atoms with Crippen LogP contribution in [0.1, 0.15) is 19.4 Å². The van der Waals surface area contributed by atoms with Crippen LogP contribution in [0.15, 0.2) is 52.1 Å². The van der Waals surface area contributed by atoms with Crippen LogP contribution in [0.4, 0.5) is 18.9 Å². The molecule has 1 unspecified atom stereocenters. The van der Waals surface area contributed by atoms with Crippen LogP contribution in [0.25, 0.3) is 0 Å². The summed E-state index contributed by atoms with van der Waals surface area (Å²) in [6.07, 6.45) is 1.98. The van der Waals surface area contributed by atoms with Crippen LogP contribution in [-0.4, -0.2) is 45.7 Å². The van der Waals surface area contributed by atoms with E-state index in [9.17, 15) is 22.8 Å². The second kappa shape index (κ2) is 8.68. The molecule has 1 aromatic heterocycles. The molecule has 1 aliphatic heterocycles. The molecule has 10 heteroatoms. The summed E-state index contributed by atoms with van der Waals surface area (Å²) < 4.78 is 38.5. The van der Waals surface area contributed by atoms with Crippen LogP contribution >= 0.6 is 27.7 Å². The highest BCUT2D eigenvalue weighted by Crippen LogP contribution is 2.40. The number of ketones is 1. The van der Waals surface area contributed by atoms with Gasteiger partial charge in [0.25, 0.3) is 0 Å². The molecule has 0 amide bonds. The molecule has 0 spiro atoms. The highest BCUT2D eigenvalue weighted by atomic mass is 79.9. The highest BCUT2D eigenvalue weighted by molar-refractivity contribution is 9.10. The normalized spacial score (nSPS) is 19.1. The molecule has 0 bridgehead atoms. The number of hydrogen-bond donors (Lipinski definition) is 0. The molecule has 1 saturated heterocycles. The SMILES string of the molecule is CC1(C)C(C(=O)C=O)N(c2ccc(SC(F)(F)F)cc2)CN1Cc1ccnc(Br)c1. The van der Waals surface area contributed by atoms with Crippen molar-refractivity contribution in [3.8, 4) is 0 Å². The average molecular weight is 502 g/mol. The Morgan fingerprint density at radius 3 is 2.53 bits per heavy atom. The smallest absolute Gasteiger partial charge is 0.346 e. The molecule has 160 valence electrons. The summed E-state index contributed by atoms with van der Waals surface area (Å²) in [5, 5.41) is 0. The zero-order chi connectivity index (χ0) is 22.1. The number of carbonyl (C=O) groups excluding carboxylic acids is 2. The Morgan fingerprint density at radius 1 is 1.30 bits per heavy atom. The molecule has 0 radical (unpaired) electrons. The van der Waals surface area contributed by atoms with E-state index < -0.39 is 22.9 Å². The van der Waals surface area contributed by atoms with Gasteiger partial charge in [0, 0.05) is 28.9 Å². The van der Waals surface area contributed by atoms with Gasteiger partial charge in [-0.15, -0.1) is 0 Å². The van der Waals surface area contributed by atoms with E-state index in [0.29, 0.717) is 29.8 Å². The molecule has 2 heterocycles. The predicted molar refractivity (Wildman–Crippen MR) is 112 cm³/mol. The third-order valence-corrected chi connectivity index (χ3v) is 6.24. The van der Waals surface area contributed by atoms with Crippen molar-refractivity contribution in [1.29, 1.82) is 0 Å². The first kappa shape index (κ1) is 22.8. The third kappa shape index (κ3) is 5.04. The fourth-order valence-electron chi connectivity index (χ4n) is 3.65. The van der Waals surface area contributed by atoms with Gasteiger partial charge in [0.05, 0.1) is 6.67 Å². The summed E-state index contributed by atoms with van der Waals surface area (Å²) in [6, 6.07) is 8.80. The van der Waals surface area contributed by atoms with Crippen LogP contribution in [0.2, 0.25) is 0 Å². The molecule has 30 heavy (non-hydrogen) atoms. The van der Waals surface area contributed by atoms with E-state index in [-0.39, 0.29) is 16.7 Å². The second-order valence-electron chi connectivity index (χ2n) is 7.41. The van der Waals surface area contributed by atoms with Crippen molar-refractivity contribution in [3.05, 3.63) is 52.8 Å². The molecule has 0 saturated carbocycles. The maximum absolute atomic E-state index is 12.6. The van der Waals surface area contributed by atoms with E-state index in [4.69, 9.17) is 0 Å². The van der Waals surface area contributed by atoms with E-state index in [1.54, 1.807) is 23.2 Å². The number of aromatic nitrogens is 1. The molecule has 1 aliphatic rings. The van der Waals surface area contributed by atoms with Crippen LogP contribution < -0.4 is 4.90 Å². The van der Waals surface area contributed by atoms with E-state index in [2.05, 4.69) is 25.8 Å². The summed E-state index contributed by atoms with van der Waals surface area (Å²) >= 11 is 3.14. The van der Waals surface area contributed by atoms with E-state index in [1.807, 2.05) is 26.0 Å². The number of aldehydes is 1. The van der Waals surface area contributed by atoms with Gasteiger partial charge in [-0.1, -0.05) is 0 Å². The Hall–Kier alpha value is -1.91. The number of alkyl halides is 3. The van der Waals surface area contributed by atoms with Crippen molar-refractivity contribution in [2.24, 2.45) is 0 Å². The fourth-order valence-corrected chi connectivity index (χ4v) is 4.61. The van der Waals surface area contributed by atoms with Gasteiger partial charge in [0.2, 0.25) is 5.78 Å². The number of pyridine rings is 1. The van der Waals surface area contributed by atoms with E-state index in [0.717, 1.165) is 5.56 Å². The number of carbonyl (C=O) groups is 2. The van der Waals surface area contributed by atoms with Gasteiger partial charge in [-0.2, -0.15) is 13.2 Å². The van der Waals surface area contributed by atoms with Crippen LogP contribution in [0, 0.1) is 0 Å². The van der Waals surface area contributed by atoms with E-state index in [1.165, 1.54) is 12.1 Å². The van der Waals surface area contributed by atoms with Crippen molar-refractivity contribution in [3.63, 3.8) is 0 Å². The molecule has 5 nitrogen and oxygen atoms in total. The van der Waals surface area contributed by atoms with Gasteiger partial charge in [0.1, 0.15) is 10.6 Å². The fraction of sp³-hybridized carbons (Fsp3) is 0.350. The van der Waals surface area contributed by atoms with Crippen LogP contribution in [-0.2, 0) is 16.1 Å². The predicted octanol–water partition coefficient (Wildman–Crippen LogP) is 4.65. The number of Topliss-reactive ketones (excluding diaryl/α,β-unsaturated/α-hetero) is 1. The zero-order valence-electron chi connectivity index (χ0n) is 16.2. The Kier molecular flexibility index (Phi) is 6.59. The quantitative estimate of drug-likeness (QED) is 0.248. The highest BCUT2D eigenvalue weighted by Gasteiger charge is 2.49. The minimum atomic E-state index is -4.37. The van der Waals surface area contributed by atoms with Crippen molar-refractivity contribution in [1.82, 2.24) is 9.88 Å². The molecule has 2 aromatic rings. The number of nitrogens with zero attached hydrogens (tertiary/aromatic N) is 3. The van der Waals surface area contributed by atoms with Gasteiger partial charge in [0.15, 0.2) is 6.29 Å². The minimum absolute atomic E-state index is 0.0569. The number of anilines is 1. The molecule has 1 aromatic carbocycles. The average Bonchev–Trinajstić information content (AvgIpc) is 2.91. The van der Waals surface area contributed by atoms with Crippen molar-refractivity contribution in [2.75, 3.05) is 11.6 Å². The third-order valence-electron chi connectivity index (χ3n) is 5.07. The monoisotopic (exact) mass is 501 g/mol. The zero-order valence-corrected chi connectivity index (χ0v) is 18.6. The number of hydrogen-bond acceptors (Lipinski definition) is 6. The summed E-state index contributed by atoms with van der Waals surface area (Å²) in [6.45, 7) is 4.60. The van der Waals surface area contributed by atoms with Crippen molar-refractivity contribution >= 4 is 45.4 Å². The first-order valence-corrected chi connectivity index (χ1v) is 10.6. The summed E-state index contributed by atoms with van der Waals surface area (Å²) in [7, 11) is 0. The summed E-state index contributed by atoms with van der Waals surface area (Å²) in [4.78, 5) is 31.8. The molecule has 1 atom stereocenters. The molecule has 1 fully saturated rings. The summed E-state index contributed by atoms with van der Waals surface area (Å²) in [5.41, 5.74) is -3.51. The standard InChI is InChI=1S/C20H19BrF3N3O2S/c1-19(2)18(16(29)11-28)27(12-26(19)10-13-7-8-25-17(21)9-13)14-3-5-15(6-4-14)30-20(22,23)24/h3-9,11,18H,10,12H2,1-2H3. The Morgan fingerprint density at radius 2 is 1.97 bits per heavy atom. The lowest BCUT2D eigenvalue weighted by molar-refractivity contribution is -0.131. The number of halogens is 4. The largest absolute Gasteiger partial charge is 0.446 e. The van der Waals surface area contributed by atoms with Gasteiger partial charge in [-0.3, -0.25) is 14.5 Å². The maximum atomic E-state index is 12.6. The van der Waals surface area contributed by atoms with E-state index >= 15 is 0 Å². The number of benzene rings is 1. The minimum Gasteiger partial charge on any atom is -0.346 e. The molecule has 0 N–H and O–H groups in total. The van der Waals surface area contributed by atoms with Gasteiger partial charge in [-0.25, -0.2) is 4.98 Å².